The van der Waals surface area contributed by atoms with Crippen LogP contribution in [-0.2, 0) is 14.3 Å². The molecule has 1 saturated heterocycles. The Morgan fingerprint density at radius 2 is 1.82 bits per heavy atom. The number of amides is 1. The van der Waals surface area contributed by atoms with E-state index in [9.17, 15) is 24.8 Å². The van der Waals surface area contributed by atoms with E-state index < -0.39 is 28.4 Å². The standard InChI is InChI=1S/C24H27N3O6/c1-4-25(5-2)18-11-9-16(10-12-18)21-20(23(29)24(30)26(21)13-14-33-3)22(28)17-7-6-8-19(15-17)27(31)32/h6-12,15,21,28H,4-5,13-14H2,1-3H3/b22-20-. The van der Waals surface area contributed by atoms with Crippen LogP contribution in [0, 0.1) is 10.1 Å². The maximum absolute atomic E-state index is 13.0. The zero-order valence-electron chi connectivity index (χ0n) is 18.9. The molecule has 0 aliphatic carbocycles. The van der Waals surface area contributed by atoms with Crippen LogP contribution in [0.2, 0.25) is 0 Å². The second-order valence-electron chi connectivity index (χ2n) is 7.56. The second kappa shape index (κ2) is 10.3. The van der Waals surface area contributed by atoms with Crippen LogP contribution in [0.15, 0.2) is 54.1 Å². The quantitative estimate of drug-likeness (QED) is 0.203. The minimum absolute atomic E-state index is 0.0960. The van der Waals surface area contributed by atoms with Crippen molar-refractivity contribution in [2.24, 2.45) is 0 Å². The minimum atomic E-state index is -0.842. The monoisotopic (exact) mass is 453 g/mol. The van der Waals surface area contributed by atoms with Crippen molar-refractivity contribution in [3.8, 4) is 0 Å². The third kappa shape index (κ3) is 4.73. The van der Waals surface area contributed by atoms with Gasteiger partial charge in [0.1, 0.15) is 5.76 Å². The first-order valence-electron chi connectivity index (χ1n) is 10.7. The molecule has 33 heavy (non-hydrogen) atoms. The minimum Gasteiger partial charge on any atom is -0.507 e. The van der Waals surface area contributed by atoms with Crippen molar-refractivity contribution in [2.45, 2.75) is 19.9 Å². The molecule has 0 radical (unpaired) electrons. The zero-order valence-corrected chi connectivity index (χ0v) is 18.9. The van der Waals surface area contributed by atoms with Gasteiger partial charge in [-0.05, 0) is 31.5 Å². The third-order valence-corrected chi connectivity index (χ3v) is 5.74. The summed E-state index contributed by atoms with van der Waals surface area (Å²) in [5.41, 5.74) is 1.41. The number of nitro groups is 1. The Hall–Kier alpha value is -3.72. The van der Waals surface area contributed by atoms with E-state index in [2.05, 4.69) is 18.7 Å². The number of ether oxygens (including phenoxy) is 1. The van der Waals surface area contributed by atoms with Crippen LogP contribution in [0.3, 0.4) is 0 Å². The number of hydrogen-bond acceptors (Lipinski definition) is 7. The maximum atomic E-state index is 13.0. The predicted molar refractivity (Wildman–Crippen MR) is 124 cm³/mol. The molecule has 174 valence electrons. The van der Waals surface area contributed by atoms with Gasteiger partial charge in [0.25, 0.3) is 17.4 Å². The van der Waals surface area contributed by atoms with Crippen molar-refractivity contribution in [1.82, 2.24) is 4.90 Å². The summed E-state index contributed by atoms with van der Waals surface area (Å²) < 4.78 is 5.11. The molecule has 0 aromatic heterocycles. The van der Waals surface area contributed by atoms with Crippen molar-refractivity contribution in [2.75, 3.05) is 38.3 Å². The third-order valence-electron chi connectivity index (χ3n) is 5.74. The van der Waals surface area contributed by atoms with E-state index in [-0.39, 0.29) is 30.0 Å². The van der Waals surface area contributed by atoms with E-state index in [1.54, 1.807) is 0 Å². The normalized spacial score (nSPS) is 17.4. The number of anilines is 1. The topological polar surface area (TPSA) is 113 Å². The van der Waals surface area contributed by atoms with Gasteiger partial charge in [-0.15, -0.1) is 0 Å². The summed E-state index contributed by atoms with van der Waals surface area (Å²) in [6.07, 6.45) is 0. The van der Waals surface area contributed by atoms with Gasteiger partial charge < -0.3 is 19.6 Å². The number of rotatable bonds is 9. The van der Waals surface area contributed by atoms with E-state index in [0.29, 0.717) is 5.56 Å². The largest absolute Gasteiger partial charge is 0.507 e. The molecular weight excluding hydrogens is 426 g/mol. The predicted octanol–water partition coefficient (Wildman–Crippen LogP) is 3.51. The highest BCUT2D eigenvalue weighted by Gasteiger charge is 2.46. The van der Waals surface area contributed by atoms with Crippen molar-refractivity contribution < 1.29 is 24.4 Å². The number of hydrogen-bond donors (Lipinski definition) is 1. The summed E-state index contributed by atoms with van der Waals surface area (Å²) in [4.78, 5) is 39.9. The smallest absolute Gasteiger partial charge is 0.295 e. The van der Waals surface area contributed by atoms with Crippen LogP contribution >= 0.6 is 0 Å². The van der Waals surface area contributed by atoms with Crippen molar-refractivity contribution >= 4 is 28.8 Å². The van der Waals surface area contributed by atoms with Crippen LogP contribution in [-0.4, -0.2) is 60.0 Å². The fraction of sp³-hybridized carbons (Fsp3) is 0.333. The number of Topliss-reactive ketones (excluding diaryl/α,β-unsaturated/α-hetero) is 1. The number of aliphatic hydroxyl groups is 1. The van der Waals surface area contributed by atoms with Gasteiger partial charge in [-0.25, -0.2) is 0 Å². The van der Waals surface area contributed by atoms with E-state index >= 15 is 0 Å². The molecule has 1 aliphatic rings. The molecule has 1 heterocycles. The summed E-state index contributed by atoms with van der Waals surface area (Å²) in [6.45, 7) is 6.11. The van der Waals surface area contributed by atoms with Crippen molar-refractivity contribution in [3.05, 3.63) is 75.3 Å². The van der Waals surface area contributed by atoms with E-state index in [1.807, 2.05) is 24.3 Å². The molecule has 1 fully saturated rings. The van der Waals surface area contributed by atoms with Crippen LogP contribution in [0.4, 0.5) is 11.4 Å². The number of nitro benzene ring substituents is 1. The van der Waals surface area contributed by atoms with E-state index in [4.69, 9.17) is 4.74 Å². The van der Waals surface area contributed by atoms with Crippen LogP contribution < -0.4 is 4.90 Å². The lowest BCUT2D eigenvalue weighted by Crippen LogP contribution is -2.32. The van der Waals surface area contributed by atoms with Gasteiger partial charge in [0.05, 0.1) is 23.1 Å². The van der Waals surface area contributed by atoms with Gasteiger partial charge in [0.15, 0.2) is 0 Å². The fourth-order valence-corrected chi connectivity index (χ4v) is 4.03. The van der Waals surface area contributed by atoms with Crippen LogP contribution in [0.5, 0.6) is 0 Å². The molecule has 1 amide bonds. The molecule has 1 unspecified atom stereocenters. The number of non-ortho nitro benzene ring substituents is 1. The number of methoxy groups -OCH3 is 1. The average Bonchev–Trinajstić information content (AvgIpc) is 3.08. The number of carbonyl (C=O) groups is 2. The van der Waals surface area contributed by atoms with Gasteiger partial charge >= 0.3 is 0 Å². The highest BCUT2D eigenvalue weighted by atomic mass is 16.6. The molecule has 1 N–H and O–H groups in total. The number of likely N-dealkylation sites (tertiary alicyclic amines) is 1. The second-order valence-corrected chi connectivity index (χ2v) is 7.56. The number of ketones is 1. The lowest BCUT2D eigenvalue weighted by atomic mass is 9.95. The molecular formula is C24H27N3O6. The SMILES string of the molecule is CCN(CC)c1ccc(C2/C(=C(/O)c3cccc([N+](=O)[O-])c3)C(=O)C(=O)N2CCOC)cc1. The first-order chi connectivity index (χ1) is 15.8. The highest BCUT2D eigenvalue weighted by Crippen LogP contribution is 2.40. The van der Waals surface area contributed by atoms with Gasteiger partial charge in [0.2, 0.25) is 0 Å². The maximum Gasteiger partial charge on any atom is 0.295 e. The summed E-state index contributed by atoms with van der Waals surface area (Å²) >= 11 is 0. The highest BCUT2D eigenvalue weighted by molar-refractivity contribution is 6.46. The Labute approximate surface area is 192 Å². The number of benzene rings is 2. The molecule has 1 aliphatic heterocycles. The Morgan fingerprint density at radius 1 is 1.15 bits per heavy atom. The summed E-state index contributed by atoms with van der Waals surface area (Å²) in [5.74, 6) is -2.04. The van der Waals surface area contributed by atoms with E-state index in [1.165, 1.54) is 36.3 Å². The number of carbonyl (C=O) groups excluding carboxylic acids is 2. The first-order valence-corrected chi connectivity index (χ1v) is 10.7. The molecule has 0 bridgehead atoms. The number of aliphatic hydroxyl groups excluding tert-OH is 1. The zero-order chi connectivity index (χ0) is 24.1. The van der Waals surface area contributed by atoms with E-state index in [0.717, 1.165) is 18.8 Å². The lowest BCUT2D eigenvalue weighted by Gasteiger charge is -2.26. The van der Waals surface area contributed by atoms with Crippen molar-refractivity contribution in [1.29, 1.82) is 0 Å². The molecule has 2 aromatic carbocycles. The molecule has 1 atom stereocenters. The number of nitrogens with zero attached hydrogens (tertiary/aromatic N) is 3. The Bertz CT molecular complexity index is 1080. The van der Waals surface area contributed by atoms with Gasteiger partial charge in [-0.1, -0.05) is 24.3 Å². The Balaban J connectivity index is 2.13. The molecule has 0 spiro atoms. The molecule has 9 nitrogen and oxygen atoms in total. The first kappa shape index (κ1) is 23.9. The van der Waals surface area contributed by atoms with Gasteiger partial charge in [0, 0.05) is 50.1 Å². The van der Waals surface area contributed by atoms with Crippen LogP contribution in [0.1, 0.15) is 31.0 Å². The Morgan fingerprint density at radius 3 is 2.39 bits per heavy atom. The molecule has 2 aromatic rings. The van der Waals surface area contributed by atoms with Gasteiger partial charge in [-0.3, -0.25) is 19.7 Å². The van der Waals surface area contributed by atoms with Gasteiger partial charge in [-0.2, -0.15) is 0 Å². The molecule has 3 rings (SSSR count). The lowest BCUT2D eigenvalue weighted by molar-refractivity contribution is -0.384. The molecule has 0 saturated carbocycles. The van der Waals surface area contributed by atoms with Crippen molar-refractivity contribution in [3.63, 3.8) is 0 Å². The van der Waals surface area contributed by atoms with Crippen LogP contribution in [0.25, 0.3) is 5.76 Å². The average molecular weight is 453 g/mol. The summed E-state index contributed by atoms with van der Waals surface area (Å²) in [5, 5.41) is 22.2. The summed E-state index contributed by atoms with van der Waals surface area (Å²) in [7, 11) is 1.49. The summed E-state index contributed by atoms with van der Waals surface area (Å²) in [6, 6.07) is 12.0. The fourth-order valence-electron chi connectivity index (χ4n) is 4.03. The Kier molecular flexibility index (Phi) is 7.44. The molecule has 9 heteroatoms.